The Bertz CT molecular complexity index is 647. The lowest BCUT2D eigenvalue weighted by atomic mass is 9.92. The third kappa shape index (κ3) is 2.81. The lowest BCUT2D eigenvalue weighted by Gasteiger charge is -2.09. The van der Waals surface area contributed by atoms with Crippen molar-refractivity contribution in [3.63, 3.8) is 0 Å². The Morgan fingerprint density at radius 2 is 2.21 bits per heavy atom. The highest BCUT2D eigenvalue weighted by Gasteiger charge is 2.23. The fraction of sp³-hybridized carbons (Fsp3) is 0.133. The summed E-state index contributed by atoms with van der Waals surface area (Å²) in [6.07, 6.45) is 3.12. The Kier molecular flexibility index (Phi) is 3.94. The second-order valence-electron chi connectivity index (χ2n) is 4.20. The van der Waals surface area contributed by atoms with Crippen molar-refractivity contribution in [2.24, 2.45) is 0 Å². The SMILES string of the molecule is Cc1ccc(C(=O)C(C#N)c2cccnc2)c(Cl)c1. The summed E-state index contributed by atoms with van der Waals surface area (Å²) in [6, 6.07) is 10.6. The van der Waals surface area contributed by atoms with Crippen LogP contribution in [0.3, 0.4) is 0 Å². The van der Waals surface area contributed by atoms with Gasteiger partial charge in [-0.05, 0) is 36.2 Å². The zero-order valence-corrected chi connectivity index (χ0v) is 11.1. The van der Waals surface area contributed by atoms with Crippen LogP contribution < -0.4 is 0 Å². The van der Waals surface area contributed by atoms with Gasteiger partial charge in [0.05, 0.1) is 11.1 Å². The molecule has 0 aliphatic heterocycles. The first-order valence-corrected chi connectivity index (χ1v) is 6.11. The molecule has 1 aromatic heterocycles. The lowest BCUT2D eigenvalue weighted by molar-refractivity contribution is 0.0979. The summed E-state index contributed by atoms with van der Waals surface area (Å²) in [5.41, 5.74) is 1.91. The Balaban J connectivity index is 2.40. The molecule has 0 spiro atoms. The van der Waals surface area contributed by atoms with Crippen molar-refractivity contribution in [1.82, 2.24) is 4.98 Å². The summed E-state index contributed by atoms with van der Waals surface area (Å²) in [7, 11) is 0. The van der Waals surface area contributed by atoms with Crippen LogP contribution in [0.15, 0.2) is 42.7 Å². The quantitative estimate of drug-likeness (QED) is 0.802. The second kappa shape index (κ2) is 5.64. The molecule has 0 fully saturated rings. The van der Waals surface area contributed by atoms with E-state index in [0.29, 0.717) is 16.1 Å². The maximum absolute atomic E-state index is 12.4. The number of pyridine rings is 1. The number of Topliss-reactive ketones (excluding diaryl/α,β-unsaturated/α-hetero) is 1. The molecule has 0 N–H and O–H groups in total. The largest absolute Gasteiger partial charge is 0.292 e. The molecule has 1 heterocycles. The number of ketones is 1. The van der Waals surface area contributed by atoms with Crippen LogP contribution in [0.5, 0.6) is 0 Å². The molecule has 0 bridgehead atoms. The number of carbonyl (C=O) groups is 1. The molecule has 19 heavy (non-hydrogen) atoms. The molecule has 2 rings (SSSR count). The molecule has 4 heteroatoms. The zero-order chi connectivity index (χ0) is 13.8. The normalized spacial score (nSPS) is 11.6. The number of hydrogen-bond acceptors (Lipinski definition) is 3. The van der Waals surface area contributed by atoms with Crippen molar-refractivity contribution in [3.8, 4) is 6.07 Å². The van der Waals surface area contributed by atoms with Crippen LogP contribution in [0, 0.1) is 18.3 Å². The minimum Gasteiger partial charge on any atom is -0.292 e. The Morgan fingerprint density at radius 1 is 1.42 bits per heavy atom. The van der Waals surface area contributed by atoms with Crippen LogP contribution >= 0.6 is 11.6 Å². The van der Waals surface area contributed by atoms with E-state index < -0.39 is 5.92 Å². The topological polar surface area (TPSA) is 53.8 Å². The van der Waals surface area contributed by atoms with Crippen LogP contribution in [0.1, 0.15) is 27.4 Å². The molecule has 2 aromatic rings. The number of hydrogen-bond donors (Lipinski definition) is 0. The molecule has 3 nitrogen and oxygen atoms in total. The van der Waals surface area contributed by atoms with Gasteiger partial charge in [0.15, 0.2) is 5.78 Å². The van der Waals surface area contributed by atoms with Gasteiger partial charge < -0.3 is 0 Å². The summed E-state index contributed by atoms with van der Waals surface area (Å²) in [5.74, 6) is -1.19. The maximum Gasteiger partial charge on any atom is 0.186 e. The van der Waals surface area contributed by atoms with Crippen molar-refractivity contribution in [1.29, 1.82) is 5.26 Å². The minimum atomic E-state index is -0.881. The molecule has 0 aliphatic rings. The van der Waals surface area contributed by atoms with Gasteiger partial charge in [0.1, 0.15) is 5.92 Å². The molecule has 1 unspecified atom stereocenters. The Labute approximate surface area is 116 Å². The first kappa shape index (κ1) is 13.3. The van der Waals surface area contributed by atoms with E-state index in [1.54, 1.807) is 36.5 Å². The monoisotopic (exact) mass is 270 g/mol. The highest BCUT2D eigenvalue weighted by Crippen LogP contribution is 2.25. The van der Waals surface area contributed by atoms with E-state index in [4.69, 9.17) is 11.6 Å². The van der Waals surface area contributed by atoms with Gasteiger partial charge >= 0.3 is 0 Å². The van der Waals surface area contributed by atoms with E-state index in [1.165, 1.54) is 6.20 Å². The second-order valence-corrected chi connectivity index (χ2v) is 4.60. The van der Waals surface area contributed by atoms with Crippen molar-refractivity contribution in [2.45, 2.75) is 12.8 Å². The number of halogens is 1. The Hall–Kier alpha value is -2.18. The van der Waals surface area contributed by atoms with Crippen LogP contribution in [-0.4, -0.2) is 10.8 Å². The minimum absolute atomic E-state index is 0.305. The van der Waals surface area contributed by atoms with Gasteiger partial charge in [-0.1, -0.05) is 23.7 Å². The van der Waals surface area contributed by atoms with E-state index in [2.05, 4.69) is 4.98 Å². The molecular formula is C15H11ClN2O. The fourth-order valence-corrected chi connectivity index (χ4v) is 2.13. The summed E-state index contributed by atoms with van der Waals surface area (Å²) < 4.78 is 0. The van der Waals surface area contributed by atoms with Gasteiger partial charge in [0.2, 0.25) is 0 Å². The van der Waals surface area contributed by atoms with Crippen LogP contribution in [-0.2, 0) is 0 Å². The van der Waals surface area contributed by atoms with E-state index in [1.807, 2.05) is 13.0 Å². The predicted molar refractivity (Wildman–Crippen MR) is 73.1 cm³/mol. The molecule has 0 aliphatic carbocycles. The van der Waals surface area contributed by atoms with Crippen LogP contribution in [0.4, 0.5) is 0 Å². The smallest absolute Gasteiger partial charge is 0.186 e. The van der Waals surface area contributed by atoms with E-state index in [9.17, 15) is 10.1 Å². The fourth-order valence-electron chi connectivity index (χ4n) is 1.81. The van der Waals surface area contributed by atoms with E-state index >= 15 is 0 Å². The number of benzene rings is 1. The average Bonchev–Trinajstić information content (AvgIpc) is 2.40. The third-order valence-corrected chi connectivity index (χ3v) is 3.11. The van der Waals surface area contributed by atoms with E-state index in [-0.39, 0.29) is 5.78 Å². The summed E-state index contributed by atoms with van der Waals surface area (Å²) in [5, 5.41) is 9.58. The van der Waals surface area contributed by atoms with E-state index in [0.717, 1.165) is 5.56 Å². The van der Waals surface area contributed by atoms with Crippen LogP contribution in [0.2, 0.25) is 5.02 Å². The van der Waals surface area contributed by atoms with Crippen molar-refractivity contribution >= 4 is 17.4 Å². The highest BCUT2D eigenvalue weighted by molar-refractivity contribution is 6.34. The molecule has 0 saturated heterocycles. The van der Waals surface area contributed by atoms with Crippen molar-refractivity contribution in [2.75, 3.05) is 0 Å². The summed E-state index contributed by atoms with van der Waals surface area (Å²) >= 11 is 6.07. The molecular weight excluding hydrogens is 260 g/mol. The third-order valence-electron chi connectivity index (χ3n) is 2.80. The number of nitriles is 1. The van der Waals surface area contributed by atoms with Gasteiger partial charge in [-0.2, -0.15) is 5.26 Å². The molecule has 0 amide bonds. The average molecular weight is 271 g/mol. The highest BCUT2D eigenvalue weighted by atomic mass is 35.5. The molecule has 94 valence electrons. The van der Waals surface area contributed by atoms with Gasteiger partial charge in [-0.15, -0.1) is 0 Å². The lowest BCUT2D eigenvalue weighted by Crippen LogP contribution is -2.12. The standard InChI is InChI=1S/C15H11ClN2O/c1-10-4-5-12(14(16)7-10)15(19)13(8-17)11-3-2-6-18-9-11/h2-7,9,13H,1H3. The number of rotatable bonds is 3. The Morgan fingerprint density at radius 3 is 2.79 bits per heavy atom. The summed E-state index contributed by atoms with van der Waals surface area (Å²) in [4.78, 5) is 16.3. The molecule has 1 aromatic carbocycles. The van der Waals surface area contributed by atoms with Crippen molar-refractivity contribution < 1.29 is 4.79 Å². The van der Waals surface area contributed by atoms with Gasteiger partial charge in [0.25, 0.3) is 0 Å². The van der Waals surface area contributed by atoms with Gasteiger partial charge in [0, 0.05) is 18.0 Å². The number of aromatic nitrogens is 1. The van der Waals surface area contributed by atoms with Crippen molar-refractivity contribution in [3.05, 3.63) is 64.4 Å². The van der Waals surface area contributed by atoms with Gasteiger partial charge in [-0.25, -0.2) is 0 Å². The number of aryl methyl sites for hydroxylation is 1. The summed E-state index contributed by atoms with van der Waals surface area (Å²) in [6.45, 7) is 1.89. The maximum atomic E-state index is 12.4. The molecule has 0 radical (unpaired) electrons. The number of carbonyl (C=O) groups excluding carboxylic acids is 1. The molecule has 0 saturated carbocycles. The number of nitrogens with zero attached hydrogens (tertiary/aromatic N) is 2. The zero-order valence-electron chi connectivity index (χ0n) is 10.3. The molecule has 1 atom stereocenters. The van der Waals surface area contributed by atoms with Gasteiger partial charge in [-0.3, -0.25) is 9.78 Å². The predicted octanol–water partition coefficient (Wildman–Crippen LogP) is 3.53. The first-order chi connectivity index (χ1) is 9.13. The first-order valence-electron chi connectivity index (χ1n) is 5.73. The van der Waals surface area contributed by atoms with Crippen LogP contribution in [0.25, 0.3) is 0 Å².